The molecule has 1 heterocycles. The van der Waals surface area contributed by atoms with Crippen molar-refractivity contribution in [3.8, 4) is 11.1 Å². The number of sulfonamides is 1. The van der Waals surface area contributed by atoms with E-state index < -0.39 is 34.5 Å². The Bertz CT molecular complexity index is 1510. The normalized spacial score (nSPS) is 13.8. The van der Waals surface area contributed by atoms with Gasteiger partial charge in [-0.05, 0) is 53.8 Å². The molecule has 0 bridgehead atoms. The van der Waals surface area contributed by atoms with Gasteiger partial charge < -0.3 is 15.7 Å². The molecule has 3 aromatic rings. The quantitative estimate of drug-likeness (QED) is 0.232. The molecular formula is C29H31N5O6S. The summed E-state index contributed by atoms with van der Waals surface area (Å²) < 4.78 is 27.8. The summed E-state index contributed by atoms with van der Waals surface area (Å²) >= 11 is 0. The first kappa shape index (κ1) is 29.4. The summed E-state index contributed by atoms with van der Waals surface area (Å²) in [6.07, 6.45) is 1.62. The van der Waals surface area contributed by atoms with Gasteiger partial charge in [0.15, 0.2) is 5.96 Å². The van der Waals surface area contributed by atoms with E-state index in [0.29, 0.717) is 18.9 Å². The van der Waals surface area contributed by atoms with Crippen LogP contribution in [-0.4, -0.2) is 62.9 Å². The maximum absolute atomic E-state index is 12.8. The van der Waals surface area contributed by atoms with Crippen molar-refractivity contribution in [3.63, 3.8) is 0 Å². The number of rotatable bonds is 11. The number of aryl methyl sites for hydroxylation is 1. The van der Waals surface area contributed by atoms with Crippen LogP contribution >= 0.6 is 0 Å². The zero-order valence-electron chi connectivity index (χ0n) is 22.2. The summed E-state index contributed by atoms with van der Waals surface area (Å²) in [6, 6.07) is 20.4. The number of carboxylic acid groups (broad SMARTS) is 1. The maximum atomic E-state index is 12.8. The molecule has 3 aromatic carbocycles. The topological polar surface area (TPSA) is 166 Å². The number of aliphatic carboxylic acids is 1. The lowest BCUT2D eigenvalue weighted by atomic mass is 10.1. The first-order valence-electron chi connectivity index (χ1n) is 13.1. The number of carboxylic acids is 1. The number of hydrogen-bond acceptors (Lipinski definition) is 7. The average molecular weight is 578 g/mol. The Hall–Kier alpha value is -4.55. The standard InChI is InChI=1S/C29H31N5O6S/c35-26(33-29-30-17-4-18-31-29)16-9-20-7-10-23(11-8-20)27(36)32-19-25(28(37)38)34-41(39,40)24-14-12-22(13-15-24)21-5-2-1-3-6-21/h1-3,5-8,10-15,25,34H,4,9,16-19H2,(H,32,36)(H,37,38)(H2,30,31,33,35). The molecule has 0 aromatic heterocycles. The Morgan fingerprint density at radius 2 is 1.61 bits per heavy atom. The van der Waals surface area contributed by atoms with Crippen LogP contribution < -0.4 is 20.7 Å². The van der Waals surface area contributed by atoms with Crippen LogP contribution in [0.1, 0.15) is 28.8 Å². The highest BCUT2D eigenvalue weighted by Crippen LogP contribution is 2.21. The van der Waals surface area contributed by atoms with Gasteiger partial charge in [0.1, 0.15) is 6.04 Å². The van der Waals surface area contributed by atoms with E-state index in [1.807, 2.05) is 30.3 Å². The van der Waals surface area contributed by atoms with E-state index >= 15 is 0 Å². The van der Waals surface area contributed by atoms with Crippen molar-refractivity contribution in [2.75, 3.05) is 19.6 Å². The van der Waals surface area contributed by atoms with Crippen molar-refractivity contribution in [2.45, 2.75) is 30.2 Å². The van der Waals surface area contributed by atoms with Crippen molar-refractivity contribution < 1.29 is 27.9 Å². The van der Waals surface area contributed by atoms with Crippen LogP contribution in [0.5, 0.6) is 0 Å². The number of carbonyl (C=O) groups excluding carboxylic acids is 2. The number of benzene rings is 3. The fraction of sp³-hybridized carbons (Fsp3) is 0.241. The van der Waals surface area contributed by atoms with Gasteiger partial charge in [0.05, 0.1) is 4.90 Å². The van der Waals surface area contributed by atoms with Gasteiger partial charge in [-0.25, -0.2) is 8.42 Å². The third-order valence-electron chi connectivity index (χ3n) is 6.35. The van der Waals surface area contributed by atoms with Gasteiger partial charge in [-0.3, -0.25) is 24.7 Å². The summed E-state index contributed by atoms with van der Waals surface area (Å²) in [7, 11) is -4.17. The second-order valence-corrected chi connectivity index (χ2v) is 11.1. The summed E-state index contributed by atoms with van der Waals surface area (Å²) in [5, 5.41) is 17.8. The molecule has 0 spiro atoms. The van der Waals surface area contributed by atoms with E-state index in [0.717, 1.165) is 29.7 Å². The predicted molar refractivity (Wildman–Crippen MR) is 154 cm³/mol. The molecule has 5 N–H and O–H groups in total. The van der Waals surface area contributed by atoms with E-state index in [1.165, 1.54) is 12.1 Å². The molecule has 0 aliphatic carbocycles. The van der Waals surface area contributed by atoms with Crippen molar-refractivity contribution >= 4 is 33.8 Å². The lowest BCUT2D eigenvalue weighted by Crippen LogP contribution is -2.48. The molecule has 41 heavy (non-hydrogen) atoms. The summed E-state index contributed by atoms with van der Waals surface area (Å²) in [6.45, 7) is 0.980. The van der Waals surface area contributed by atoms with E-state index in [1.54, 1.807) is 36.4 Å². The van der Waals surface area contributed by atoms with E-state index in [2.05, 4.69) is 25.7 Å². The van der Waals surface area contributed by atoms with Gasteiger partial charge in [-0.15, -0.1) is 0 Å². The minimum absolute atomic E-state index is 0.0954. The summed E-state index contributed by atoms with van der Waals surface area (Å²) in [5.41, 5.74) is 2.83. The van der Waals surface area contributed by atoms with Gasteiger partial charge in [-0.2, -0.15) is 4.72 Å². The highest BCUT2D eigenvalue weighted by molar-refractivity contribution is 7.89. The van der Waals surface area contributed by atoms with Crippen LogP contribution in [0.4, 0.5) is 0 Å². The minimum Gasteiger partial charge on any atom is -0.480 e. The molecule has 0 radical (unpaired) electrons. The van der Waals surface area contributed by atoms with Crippen molar-refractivity contribution in [1.82, 2.24) is 20.7 Å². The van der Waals surface area contributed by atoms with Crippen LogP contribution in [0.15, 0.2) is 88.8 Å². The van der Waals surface area contributed by atoms with Crippen LogP contribution in [0.2, 0.25) is 0 Å². The van der Waals surface area contributed by atoms with Gasteiger partial charge in [-0.1, -0.05) is 54.6 Å². The number of nitrogens with one attached hydrogen (secondary N) is 4. The molecule has 1 unspecified atom stereocenters. The van der Waals surface area contributed by atoms with Crippen LogP contribution in [0, 0.1) is 0 Å². The lowest BCUT2D eigenvalue weighted by Gasteiger charge is -2.16. The number of nitrogens with zero attached hydrogens (tertiary/aromatic N) is 1. The Morgan fingerprint density at radius 3 is 2.24 bits per heavy atom. The molecule has 1 aliphatic rings. The zero-order valence-corrected chi connectivity index (χ0v) is 23.0. The monoisotopic (exact) mass is 577 g/mol. The molecule has 2 amide bonds. The third-order valence-corrected chi connectivity index (χ3v) is 7.83. The van der Waals surface area contributed by atoms with Crippen molar-refractivity contribution in [3.05, 3.63) is 90.0 Å². The first-order valence-corrected chi connectivity index (χ1v) is 14.6. The van der Waals surface area contributed by atoms with Crippen LogP contribution in [0.25, 0.3) is 11.1 Å². The van der Waals surface area contributed by atoms with Gasteiger partial charge in [0, 0.05) is 31.6 Å². The van der Waals surface area contributed by atoms with E-state index in [-0.39, 0.29) is 22.8 Å². The second kappa shape index (κ2) is 13.7. The maximum Gasteiger partial charge on any atom is 0.323 e. The summed E-state index contributed by atoms with van der Waals surface area (Å²) in [5.74, 6) is -1.68. The van der Waals surface area contributed by atoms with Crippen LogP contribution in [0.3, 0.4) is 0 Å². The minimum atomic E-state index is -4.17. The fourth-order valence-electron chi connectivity index (χ4n) is 4.08. The molecular weight excluding hydrogens is 546 g/mol. The number of hydrogen-bond donors (Lipinski definition) is 5. The Morgan fingerprint density at radius 1 is 0.927 bits per heavy atom. The molecule has 4 rings (SSSR count). The number of amides is 2. The lowest BCUT2D eigenvalue weighted by molar-refractivity contribution is -0.138. The highest BCUT2D eigenvalue weighted by Gasteiger charge is 2.26. The molecule has 214 valence electrons. The zero-order chi connectivity index (χ0) is 29.2. The highest BCUT2D eigenvalue weighted by atomic mass is 32.2. The van der Waals surface area contributed by atoms with Gasteiger partial charge >= 0.3 is 5.97 Å². The predicted octanol–water partition coefficient (Wildman–Crippen LogP) is 1.91. The third kappa shape index (κ3) is 8.47. The second-order valence-electron chi connectivity index (χ2n) is 9.37. The largest absolute Gasteiger partial charge is 0.480 e. The SMILES string of the molecule is O=C(CCc1ccc(C(=O)NCC(NS(=O)(=O)c2ccc(-c3ccccc3)cc2)C(=O)O)cc1)NC1=NCCCN1. The van der Waals surface area contributed by atoms with E-state index in [4.69, 9.17) is 0 Å². The van der Waals surface area contributed by atoms with Gasteiger partial charge in [0.2, 0.25) is 15.9 Å². The van der Waals surface area contributed by atoms with Crippen molar-refractivity contribution in [2.24, 2.45) is 4.99 Å². The Labute approximate surface area is 238 Å². The van der Waals surface area contributed by atoms with E-state index in [9.17, 15) is 27.9 Å². The molecule has 0 saturated heterocycles. The Kier molecular flexibility index (Phi) is 9.82. The average Bonchev–Trinajstić information content (AvgIpc) is 2.99. The molecule has 1 aliphatic heterocycles. The molecule has 0 fully saturated rings. The fourth-order valence-corrected chi connectivity index (χ4v) is 5.27. The molecule has 12 heteroatoms. The molecule has 0 saturated carbocycles. The van der Waals surface area contributed by atoms with Crippen LogP contribution in [-0.2, 0) is 26.0 Å². The number of aliphatic imine (C=N–C) groups is 1. The van der Waals surface area contributed by atoms with Crippen molar-refractivity contribution in [1.29, 1.82) is 0 Å². The first-order chi connectivity index (χ1) is 19.7. The number of guanidine groups is 1. The molecule has 1 atom stereocenters. The van der Waals surface area contributed by atoms with Gasteiger partial charge in [0.25, 0.3) is 5.91 Å². The Balaban J connectivity index is 1.29. The summed E-state index contributed by atoms with van der Waals surface area (Å²) in [4.78, 5) is 40.6. The number of carbonyl (C=O) groups is 3. The molecule has 11 nitrogen and oxygen atoms in total. The smallest absolute Gasteiger partial charge is 0.323 e.